The Labute approximate surface area is 172 Å². The molecule has 0 amide bonds. The summed E-state index contributed by atoms with van der Waals surface area (Å²) in [5, 5.41) is 9.76. The van der Waals surface area contributed by atoms with Crippen LogP contribution in [0.2, 0.25) is 0 Å². The Hall–Kier alpha value is -1.10. The first-order valence-corrected chi connectivity index (χ1v) is 11.6. The zero-order valence-electron chi connectivity index (χ0n) is 18.4. The molecule has 0 aliphatic carbocycles. The topological polar surface area (TPSA) is 72.8 Å². The molecule has 5 nitrogen and oxygen atoms in total. The van der Waals surface area contributed by atoms with Gasteiger partial charge in [0.15, 0.2) is 0 Å². The van der Waals surface area contributed by atoms with E-state index < -0.39 is 6.10 Å². The number of aliphatic hydroxyl groups is 1. The fourth-order valence-corrected chi connectivity index (χ4v) is 3.02. The molecule has 28 heavy (non-hydrogen) atoms. The van der Waals surface area contributed by atoms with Gasteiger partial charge in [0.25, 0.3) is 0 Å². The molecule has 1 N–H and O–H groups in total. The zero-order valence-corrected chi connectivity index (χ0v) is 18.4. The average Bonchev–Trinajstić information content (AvgIpc) is 2.69. The minimum absolute atomic E-state index is 0.111. The third kappa shape index (κ3) is 19.7. The third-order valence-corrected chi connectivity index (χ3v) is 4.84. The number of carbonyl (C=O) groups is 2. The zero-order chi connectivity index (χ0) is 20.9. The fraction of sp³-hybridized carbons (Fsp3) is 0.913. The minimum Gasteiger partial charge on any atom is -0.463 e. The van der Waals surface area contributed by atoms with Gasteiger partial charge < -0.3 is 14.6 Å². The largest absolute Gasteiger partial charge is 0.463 e. The molecule has 5 heteroatoms. The van der Waals surface area contributed by atoms with Crippen LogP contribution in [-0.4, -0.2) is 36.4 Å². The summed E-state index contributed by atoms with van der Waals surface area (Å²) in [6.45, 7) is 4.15. The lowest BCUT2D eigenvalue weighted by Gasteiger charge is -2.12. The van der Waals surface area contributed by atoms with Crippen LogP contribution in [0.1, 0.15) is 117 Å². The van der Waals surface area contributed by atoms with Crippen molar-refractivity contribution < 1.29 is 24.2 Å². The first-order chi connectivity index (χ1) is 13.6. The molecular formula is C23H44O5. The molecule has 0 heterocycles. The van der Waals surface area contributed by atoms with Gasteiger partial charge in [-0.25, -0.2) is 0 Å². The fourth-order valence-electron chi connectivity index (χ4n) is 3.02. The van der Waals surface area contributed by atoms with Gasteiger partial charge in [0.2, 0.25) is 0 Å². The Kier molecular flexibility index (Phi) is 19.8. The molecule has 0 fully saturated rings. The highest BCUT2D eigenvalue weighted by atomic mass is 16.6. The number of hydrogen-bond acceptors (Lipinski definition) is 5. The smallest absolute Gasteiger partial charge is 0.305 e. The van der Waals surface area contributed by atoms with Gasteiger partial charge in [-0.15, -0.1) is 0 Å². The van der Waals surface area contributed by atoms with Crippen molar-refractivity contribution in [3.05, 3.63) is 0 Å². The van der Waals surface area contributed by atoms with Crippen molar-refractivity contribution in [2.45, 2.75) is 123 Å². The highest BCUT2D eigenvalue weighted by Gasteiger charge is 2.12. The van der Waals surface area contributed by atoms with Crippen molar-refractivity contribution in [3.63, 3.8) is 0 Å². The van der Waals surface area contributed by atoms with Crippen LogP contribution in [0.25, 0.3) is 0 Å². The highest BCUT2D eigenvalue weighted by molar-refractivity contribution is 5.69. The van der Waals surface area contributed by atoms with Gasteiger partial charge in [-0.1, -0.05) is 90.9 Å². The van der Waals surface area contributed by atoms with E-state index in [-0.39, 0.29) is 25.2 Å². The van der Waals surface area contributed by atoms with E-state index in [0.717, 1.165) is 38.5 Å². The van der Waals surface area contributed by atoms with Crippen LogP contribution in [0.15, 0.2) is 0 Å². The number of carbonyl (C=O) groups excluding carboxylic acids is 2. The predicted molar refractivity (Wildman–Crippen MR) is 113 cm³/mol. The summed E-state index contributed by atoms with van der Waals surface area (Å²) in [6, 6.07) is 0. The van der Waals surface area contributed by atoms with Crippen LogP contribution < -0.4 is 0 Å². The lowest BCUT2D eigenvalue weighted by atomic mass is 10.1. The molecule has 0 bridgehead atoms. The highest BCUT2D eigenvalue weighted by Crippen LogP contribution is 2.11. The van der Waals surface area contributed by atoms with E-state index in [9.17, 15) is 14.7 Å². The Balaban J connectivity index is 3.46. The van der Waals surface area contributed by atoms with Crippen LogP contribution in [0, 0.1) is 0 Å². The van der Waals surface area contributed by atoms with Gasteiger partial charge in [-0.2, -0.15) is 0 Å². The van der Waals surface area contributed by atoms with E-state index in [1.54, 1.807) is 0 Å². The lowest BCUT2D eigenvalue weighted by molar-refractivity contribution is -0.152. The third-order valence-electron chi connectivity index (χ3n) is 4.84. The maximum absolute atomic E-state index is 11.7. The van der Waals surface area contributed by atoms with Crippen LogP contribution in [0.4, 0.5) is 0 Å². The van der Waals surface area contributed by atoms with E-state index >= 15 is 0 Å². The molecule has 0 aliphatic heterocycles. The summed E-state index contributed by atoms with van der Waals surface area (Å²) < 4.78 is 10.1. The second-order valence-electron chi connectivity index (χ2n) is 7.76. The summed E-state index contributed by atoms with van der Waals surface area (Å²) in [6.07, 6.45) is 16.0. The first kappa shape index (κ1) is 26.9. The van der Waals surface area contributed by atoms with Gasteiger partial charge in [0.1, 0.15) is 19.3 Å². The SMILES string of the molecule is CCCCCCCCCCCC(=O)OC[C@H](O)COC(=O)CCCCCCC. The monoisotopic (exact) mass is 400 g/mol. The Morgan fingerprint density at radius 1 is 0.607 bits per heavy atom. The lowest BCUT2D eigenvalue weighted by Crippen LogP contribution is -2.25. The number of rotatable bonds is 20. The molecule has 0 spiro atoms. The normalized spacial score (nSPS) is 12.0. The molecule has 0 aliphatic rings. The average molecular weight is 401 g/mol. The van der Waals surface area contributed by atoms with E-state index in [4.69, 9.17) is 9.47 Å². The summed E-state index contributed by atoms with van der Waals surface area (Å²) in [4.78, 5) is 23.3. The van der Waals surface area contributed by atoms with Crippen molar-refractivity contribution in [1.29, 1.82) is 0 Å². The first-order valence-electron chi connectivity index (χ1n) is 11.6. The number of ether oxygens (including phenoxy) is 2. The molecule has 0 saturated carbocycles. The van der Waals surface area contributed by atoms with Crippen molar-refractivity contribution >= 4 is 11.9 Å². The van der Waals surface area contributed by atoms with Gasteiger partial charge in [0, 0.05) is 12.8 Å². The summed E-state index contributed by atoms with van der Waals surface area (Å²) >= 11 is 0. The molecule has 166 valence electrons. The van der Waals surface area contributed by atoms with Crippen molar-refractivity contribution in [2.24, 2.45) is 0 Å². The van der Waals surface area contributed by atoms with Crippen molar-refractivity contribution in [3.8, 4) is 0 Å². The molecule has 0 saturated heterocycles. The quantitative estimate of drug-likeness (QED) is 0.209. The Morgan fingerprint density at radius 3 is 1.29 bits per heavy atom. The summed E-state index contributed by atoms with van der Waals surface area (Å²) in [5.74, 6) is -0.583. The molecular weight excluding hydrogens is 356 g/mol. The standard InChI is InChI=1S/C23H44O5/c1-3-5-7-9-10-11-12-14-16-18-23(26)28-20-21(24)19-27-22(25)17-15-13-8-6-4-2/h21,24H,3-20H2,1-2H3/t21-/m1/s1. The number of esters is 2. The molecule has 0 unspecified atom stereocenters. The number of hydrogen-bond donors (Lipinski definition) is 1. The van der Waals surface area contributed by atoms with Crippen molar-refractivity contribution in [2.75, 3.05) is 13.2 Å². The maximum atomic E-state index is 11.7. The molecule has 1 atom stereocenters. The maximum Gasteiger partial charge on any atom is 0.305 e. The van der Waals surface area contributed by atoms with E-state index in [2.05, 4.69) is 13.8 Å². The van der Waals surface area contributed by atoms with Gasteiger partial charge >= 0.3 is 11.9 Å². The van der Waals surface area contributed by atoms with Crippen LogP contribution in [0.3, 0.4) is 0 Å². The van der Waals surface area contributed by atoms with Crippen LogP contribution >= 0.6 is 0 Å². The van der Waals surface area contributed by atoms with Gasteiger partial charge in [-0.3, -0.25) is 9.59 Å². The predicted octanol–water partition coefficient (Wildman–Crippen LogP) is 5.72. The van der Waals surface area contributed by atoms with E-state index in [1.807, 2.05) is 0 Å². The number of unbranched alkanes of at least 4 members (excludes halogenated alkanes) is 12. The summed E-state index contributed by atoms with van der Waals surface area (Å²) in [5.41, 5.74) is 0. The second-order valence-corrected chi connectivity index (χ2v) is 7.76. The van der Waals surface area contributed by atoms with E-state index in [1.165, 1.54) is 51.4 Å². The molecule has 0 aromatic rings. The van der Waals surface area contributed by atoms with Crippen molar-refractivity contribution in [1.82, 2.24) is 0 Å². The number of aliphatic hydroxyl groups excluding tert-OH is 1. The van der Waals surface area contributed by atoms with E-state index in [0.29, 0.717) is 12.8 Å². The Bertz CT molecular complexity index is 370. The minimum atomic E-state index is -0.948. The van der Waals surface area contributed by atoms with Gasteiger partial charge in [0.05, 0.1) is 0 Å². The van der Waals surface area contributed by atoms with Crippen LogP contribution in [-0.2, 0) is 19.1 Å². The Morgan fingerprint density at radius 2 is 0.929 bits per heavy atom. The summed E-state index contributed by atoms with van der Waals surface area (Å²) in [7, 11) is 0. The molecule has 0 aromatic carbocycles. The van der Waals surface area contributed by atoms with Crippen LogP contribution in [0.5, 0.6) is 0 Å². The molecule has 0 rings (SSSR count). The second kappa shape index (κ2) is 20.6. The molecule has 0 radical (unpaired) electrons. The van der Waals surface area contributed by atoms with Gasteiger partial charge in [-0.05, 0) is 12.8 Å². The molecule has 0 aromatic heterocycles.